The van der Waals surface area contributed by atoms with Crippen LogP contribution >= 0.6 is 45.2 Å². The Morgan fingerprint density at radius 2 is 1.09 bits per heavy atom. The van der Waals surface area contributed by atoms with Crippen LogP contribution in [0.3, 0.4) is 0 Å². The maximum Gasteiger partial charge on any atom is 0.343 e. The maximum atomic E-state index is 13.1. The van der Waals surface area contributed by atoms with Crippen molar-refractivity contribution in [1.29, 1.82) is 0 Å². The number of carbonyl (C=O) groups is 2. The molecule has 2 aromatic carbocycles. The molecule has 0 saturated carbocycles. The third-order valence-corrected chi connectivity index (χ3v) is 16.1. The first-order chi connectivity index (χ1) is 25.3. The number of aliphatic hydroxyl groups is 1. The van der Waals surface area contributed by atoms with Crippen molar-refractivity contribution >= 4 is 87.2 Å². The minimum absolute atomic E-state index is 0.00551. The molecule has 0 spiro atoms. The number of fused-ring (bicyclic) bond motifs is 2. The van der Waals surface area contributed by atoms with Gasteiger partial charge in [-0.3, -0.25) is 9.59 Å². The lowest BCUT2D eigenvalue weighted by Crippen LogP contribution is -2.43. The minimum Gasteiger partial charge on any atom is -0.462 e. The molecule has 55 heavy (non-hydrogen) atoms. The highest BCUT2D eigenvalue weighted by molar-refractivity contribution is 14.1. The number of nitrogens with zero attached hydrogens (tertiary/aromatic N) is 2. The van der Waals surface area contributed by atoms with Gasteiger partial charge in [-0.15, -0.1) is 0 Å². The van der Waals surface area contributed by atoms with E-state index < -0.39 is 20.3 Å². The summed E-state index contributed by atoms with van der Waals surface area (Å²) >= 11 is 4.32. The molecule has 0 saturated heterocycles. The predicted octanol–water partition coefficient (Wildman–Crippen LogP) is 9.75. The van der Waals surface area contributed by atoms with Gasteiger partial charge in [-0.25, -0.2) is 9.59 Å². The highest BCUT2D eigenvalue weighted by Gasteiger charge is 2.39. The van der Waals surface area contributed by atoms with E-state index in [1.54, 1.807) is 26.1 Å². The number of hydrogen-bond acceptors (Lipinski definition) is 8. The molecular formula is C42H58I2N2O8Si. The Labute approximate surface area is 353 Å². The predicted molar refractivity (Wildman–Crippen MR) is 241 cm³/mol. The van der Waals surface area contributed by atoms with Gasteiger partial charge in [0.25, 0.3) is 0 Å². The zero-order valence-electron chi connectivity index (χ0n) is 34.6. The topological polar surface area (TPSA) is 126 Å². The molecule has 2 aromatic heterocycles. The fourth-order valence-corrected chi connectivity index (χ4v) is 7.90. The van der Waals surface area contributed by atoms with Crippen LogP contribution in [0, 0.1) is 18.0 Å². The van der Waals surface area contributed by atoms with Gasteiger partial charge in [-0.2, -0.15) is 0 Å². The molecule has 0 aliphatic heterocycles. The van der Waals surface area contributed by atoms with Crippen molar-refractivity contribution < 1.29 is 28.6 Å². The van der Waals surface area contributed by atoms with Gasteiger partial charge < -0.3 is 28.1 Å². The van der Waals surface area contributed by atoms with Crippen molar-refractivity contribution in [3.05, 3.63) is 87.5 Å². The van der Waals surface area contributed by atoms with Crippen LogP contribution in [0.5, 0.6) is 0 Å². The molecule has 0 unspecified atom stereocenters. The highest BCUT2D eigenvalue weighted by atomic mass is 127. The number of halogens is 2. The summed E-state index contributed by atoms with van der Waals surface area (Å²) in [5.41, 5.74) is 0.502. The van der Waals surface area contributed by atoms with Crippen LogP contribution in [-0.4, -0.2) is 60.9 Å². The maximum absolute atomic E-state index is 13.1. The van der Waals surface area contributed by atoms with Gasteiger partial charge in [0.05, 0.1) is 49.5 Å². The summed E-state index contributed by atoms with van der Waals surface area (Å²) in [6.45, 7) is 27.9. The van der Waals surface area contributed by atoms with E-state index in [0.29, 0.717) is 22.9 Å². The summed E-state index contributed by atoms with van der Waals surface area (Å²) in [5, 5.41) is 11.0. The van der Waals surface area contributed by atoms with Gasteiger partial charge in [-0.05, 0) is 124 Å². The smallest absolute Gasteiger partial charge is 0.343 e. The Bertz CT molecular complexity index is 2140. The third-order valence-electron chi connectivity index (χ3n) is 10.2. The SMILES string of the molecule is CCOC(=O)c1cn([C@H](CO)C(C)(C)C)c2ccc(I)cc2c1=O.CCOC(=O)c1cn([C@H](CO[Si](C)(C)C(C)(C)C)C(C)(C)C)c2ccc(I)cc2c1=O. The number of aliphatic hydroxyl groups excluding tert-OH is 1. The number of aromatic nitrogens is 2. The molecular weight excluding hydrogens is 942 g/mol. The molecule has 2 atom stereocenters. The highest BCUT2D eigenvalue weighted by Crippen LogP contribution is 2.40. The minimum atomic E-state index is -1.98. The molecule has 10 nitrogen and oxygen atoms in total. The molecule has 0 amide bonds. The van der Waals surface area contributed by atoms with Crippen molar-refractivity contribution in [2.24, 2.45) is 10.8 Å². The molecule has 302 valence electrons. The lowest BCUT2D eigenvalue weighted by atomic mass is 9.86. The van der Waals surface area contributed by atoms with E-state index in [-0.39, 0.29) is 69.8 Å². The fourth-order valence-electron chi connectivity index (χ4n) is 5.91. The average Bonchev–Trinajstić information content (AvgIpc) is 3.06. The summed E-state index contributed by atoms with van der Waals surface area (Å²) in [7, 11) is -1.98. The van der Waals surface area contributed by atoms with E-state index in [1.807, 2.05) is 60.2 Å². The summed E-state index contributed by atoms with van der Waals surface area (Å²) in [4.78, 5) is 50.7. The zero-order valence-corrected chi connectivity index (χ0v) is 39.9. The summed E-state index contributed by atoms with van der Waals surface area (Å²) in [5.74, 6) is -1.22. The number of rotatable bonds is 10. The Kier molecular flexibility index (Phi) is 15.6. The fraction of sp³-hybridized carbons (Fsp3) is 0.524. The molecule has 1 N–H and O–H groups in total. The van der Waals surface area contributed by atoms with Crippen LogP contribution in [-0.2, 0) is 13.9 Å². The molecule has 0 aliphatic rings. The first kappa shape index (κ1) is 46.8. The molecule has 4 aromatic rings. The van der Waals surface area contributed by atoms with E-state index in [9.17, 15) is 24.3 Å². The van der Waals surface area contributed by atoms with Gasteiger partial charge in [0.1, 0.15) is 11.1 Å². The van der Waals surface area contributed by atoms with Gasteiger partial charge >= 0.3 is 11.9 Å². The molecule has 0 bridgehead atoms. The number of benzene rings is 2. The summed E-state index contributed by atoms with van der Waals surface area (Å²) in [6, 6.07) is 10.9. The monoisotopic (exact) mass is 1000 g/mol. The number of pyridine rings is 2. The van der Waals surface area contributed by atoms with E-state index >= 15 is 0 Å². The zero-order chi connectivity index (χ0) is 41.8. The summed E-state index contributed by atoms with van der Waals surface area (Å²) < 4.78 is 22.5. The van der Waals surface area contributed by atoms with Gasteiger partial charge in [0.15, 0.2) is 8.32 Å². The van der Waals surface area contributed by atoms with Gasteiger partial charge in [0, 0.05) is 30.3 Å². The van der Waals surface area contributed by atoms with Crippen LogP contribution in [0.4, 0.5) is 0 Å². The summed E-state index contributed by atoms with van der Waals surface area (Å²) in [6.07, 6.45) is 3.18. The lowest BCUT2D eigenvalue weighted by molar-refractivity contribution is 0.0513. The molecule has 13 heteroatoms. The number of carbonyl (C=O) groups excluding carboxylic acids is 2. The second kappa shape index (κ2) is 18.3. The molecule has 0 radical (unpaired) electrons. The Morgan fingerprint density at radius 1 is 0.709 bits per heavy atom. The van der Waals surface area contributed by atoms with Crippen LogP contribution in [0.1, 0.15) is 109 Å². The average molecular weight is 1000 g/mol. The molecule has 2 heterocycles. The second-order valence-electron chi connectivity index (χ2n) is 17.3. The number of ether oxygens (including phenoxy) is 2. The number of esters is 2. The Hall–Kier alpha value is -2.60. The Morgan fingerprint density at radius 3 is 1.42 bits per heavy atom. The molecule has 4 rings (SSSR count). The van der Waals surface area contributed by atoms with Crippen LogP contribution in [0.2, 0.25) is 18.1 Å². The first-order valence-corrected chi connectivity index (χ1v) is 23.6. The number of hydrogen-bond donors (Lipinski definition) is 1. The van der Waals surface area contributed by atoms with Crippen LogP contribution < -0.4 is 10.9 Å². The van der Waals surface area contributed by atoms with Crippen LogP contribution in [0.25, 0.3) is 21.8 Å². The standard InChI is InChI=1S/C24H36INO4Si.C18H22INO4/c1-10-29-22(28)18-14-26(19-12-11-16(25)13-17(19)21(18)27)20(23(2,3)4)15-30-31(8,9)24(5,6)7;1-5-24-17(23)13-9-20(15(10-21)18(2,3)4)14-7-6-11(19)8-12(14)16(13)22/h11-14,20H,10,15H2,1-9H3;6-9,15,21H,5,10H2,1-4H3/t20-;15-/m11/s1. The van der Waals surface area contributed by atoms with Crippen molar-refractivity contribution in [2.75, 3.05) is 26.4 Å². The lowest BCUT2D eigenvalue weighted by Gasteiger charge is -2.40. The third kappa shape index (κ3) is 11.1. The molecule has 0 fully saturated rings. The normalized spacial score (nSPS) is 13.6. The van der Waals surface area contributed by atoms with Crippen molar-refractivity contribution in [3.63, 3.8) is 0 Å². The van der Waals surface area contributed by atoms with E-state index in [2.05, 4.69) is 99.8 Å². The van der Waals surface area contributed by atoms with Gasteiger partial charge in [0.2, 0.25) is 10.9 Å². The van der Waals surface area contributed by atoms with Crippen molar-refractivity contribution in [3.8, 4) is 0 Å². The van der Waals surface area contributed by atoms with Crippen molar-refractivity contribution in [2.45, 2.75) is 106 Å². The Balaban J connectivity index is 0.000000305. The van der Waals surface area contributed by atoms with Crippen LogP contribution in [0.15, 0.2) is 58.4 Å². The first-order valence-electron chi connectivity index (χ1n) is 18.6. The quantitative estimate of drug-likeness (QED) is 0.0947. The van der Waals surface area contributed by atoms with Crippen molar-refractivity contribution in [1.82, 2.24) is 9.13 Å². The van der Waals surface area contributed by atoms with Gasteiger partial charge in [-0.1, -0.05) is 62.3 Å². The second-order valence-corrected chi connectivity index (χ2v) is 24.6. The molecule has 0 aliphatic carbocycles. The van der Waals surface area contributed by atoms with E-state index in [4.69, 9.17) is 13.9 Å². The largest absolute Gasteiger partial charge is 0.462 e. The van der Waals surface area contributed by atoms with E-state index in [1.165, 1.54) is 6.20 Å². The van der Waals surface area contributed by atoms with E-state index in [0.717, 1.165) is 12.7 Å².